The van der Waals surface area contributed by atoms with E-state index in [9.17, 15) is 9.59 Å². The summed E-state index contributed by atoms with van der Waals surface area (Å²) in [5, 5.41) is 0. The molecule has 1 atom stereocenters. The number of aromatic nitrogens is 2. The van der Waals surface area contributed by atoms with Crippen LogP contribution in [0.3, 0.4) is 0 Å². The van der Waals surface area contributed by atoms with Crippen LogP contribution in [0.5, 0.6) is 0 Å². The van der Waals surface area contributed by atoms with E-state index in [0.717, 1.165) is 42.8 Å². The summed E-state index contributed by atoms with van der Waals surface area (Å²) in [6, 6.07) is 1.50. The van der Waals surface area contributed by atoms with Crippen molar-refractivity contribution in [3.63, 3.8) is 0 Å². The normalized spacial score (nSPS) is 19.6. The number of hydrogen-bond acceptors (Lipinski definition) is 5. The van der Waals surface area contributed by atoms with Crippen LogP contribution in [0.25, 0.3) is 4.96 Å². The minimum atomic E-state index is -0.223. The molecule has 0 aromatic carbocycles. The van der Waals surface area contributed by atoms with Gasteiger partial charge in [0.2, 0.25) is 0 Å². The van der Waals surface area contributed by atoms with E-state index in [2.05, 4.69) is 17.1 Å². The first-order valence-electron chi connectivity index (χ1n) is 8.56. The van der Waals surface area contributed by atoms with Crippen LogP contribution < -0.4 is 5.56 Å². The molecule has 0 aliphatic heterocycles. The molecule has 5 nitrogen and oxygen atoms in total. The van der Waals surface area contributed by atoms with Crippen molar-refractivity contribution in [2.45, 2.75) is 51.6 Å². The summed E-state index contributed by atoms with van der Waals surface area (Å²) in [7, 11) is 0. The smallest absolute Gasteiger partial charge is 0.306 e. The lowest BCUT2D eigenvalue weighted by Crippen LogP contribution is -2.19. The molecule has 24 heavy (non-hydrogen) atoms. The van der Waals surface area contributed by atoms with Gasteiger partial charge in [-0.25, -0.2) is 4.98 Å². The van der Waals surface area contributed by atoms with Crippen molar-refractivity contribution in [3.8, 4) is 0 Å². The van der Waals surface area contributed by atoms with E-state index < -0.39 is 0 Å². The Bertz CT molecular complexity index is 865. The Morgan fingerprint density at radius 2 is 2.25 bits per heavy atom. The summed E-state index contributed by atoms with van der Waals surface area (Å²) >= 11 is 1.59. The first-order valence-corrected chi connectivity index (χ1v) is 9.38. The van der Waals surface area contributed by atoms with Gasteiger partial charge in [-0.3, -0.25) is 14.0 Å². The Morgan fingerprint density at radius 1 is 1.38 bits per heavy atom. The Morgan fingerprint density at radius 3 is 3.08 bits per heavy atom. The molecular weight excluding hydrogens is 324 g/mol. The Kier molecular flexibility index (Phi) is 4.22. The third kappa shape index (κ3) is 3.02. The van der Waals surface area contributed by atoms with Crippen LogP contribution in [0, 0.1) is 5.92 Å². The van der Waals surface area contributed by atoms with Crippen molar-refractivity contribution >= 4 is 22.3 Å². The highest BCUT2D eigenvalue weighted by Gasteiger charge is 2.19. The number of nitrogens with zero attached hydrogens (tertiary/aromatic N) is 2. The average molecular weight is 344 g/mol. The fourth-order valence-corrected chi connectivity index (χ4v) is 4.74. The third-order valence-corrected chi connectivity index (χ3v) is 5.88. The van der Waals surface area contributed by atoms with Gasteiger partial charge in [0.15, 0.2) is 4.96 Å². The van der Waals surface area contributed by atoms with Gasteiger partial charge < -0.3 is 4.74 Å². The van der Waals surface area contributed by atoms with Gasteiger partial charge in [0.1, 0.15) is 6.61 Å². The molecule has 6 heteroatoms. The van der Waals surface area contributed by atoms with Crippen molar-refractivity contribution in [3.05, 3.63) is 44.8 Å². The van der Waals surface area contributed by atoms with E-state index in [-0.39, 0.29) is 18.1 Å². The molecular formula is C18H20N2O3S. The number of aryl methyl sites for hydroxylation is 2. The van der Waals surface area contributed by atoms with E-state index in [0.29, 0.717) is 18.0 Å². The van der Waals surface area contributed by atoms with Gasteiger partial charge in [0, 0.05) is 16.6 Å². The maximum Gasteiger partial charge on any atom is 0.306 e. The van der Waals surface area contributed by atoms with Gasteiger partial charge in [-0.05, 0) is 44.4 Å². The molecule has 0 amide bonds. The fraction of sp³-hybridized carbons (Fsp3) is 0.500. The van der Waals surface area contributed by atoms with Crippen LogP contribution in [0.15, 0.2) is 23.0 Å². The molecule has 0 bridgehead atoms. The van der Waals surface area contributed by atoms with Crippen LogP contribution in [0.2, 0.25) is 0 Å². The average Bonchev–Trinajstić information content (AvgIpc) is 3.19. The summed E-state index contributed by atoms with van der Waals surface area (Å²) in [6.45, 7) is 0.0730. The summed E-state index contributed by atoms with van der Waals surface area (Å²) in [5.74, 6) is 0.0709. The van der Waals surface area contributed by atoms with Crippen molar-refractivity contribution in [2.75, 3.05) is 0 Å². The molecule has 2 aromatic heterocycles. The lowest BCUT2D eigenvalue weighted by Gasteiger charge is -2.10. The van der Waals surface area contributed by atoms with Crippen molar-refractivity contribution in [2.24, 2.45) is 5.92 Å². The summed E-state index contributed by atoms with van der Waals surface area (Å²) < 4.78 is 7.05. The first kappa shape index (κ1) is 15.6. The Balaban J connectivity index is 1.49. The van der Waals surface area contributed by atoms with Crippen LogP contribution in [-0.2, 0) is 29.0 Å². The maximum atomic E-state index is 12.4. The summed E-state index contributed by atoms with van der Waals surface area (Å²) in [5.41, 5.74) is 1.59. The Hall–Kier alpha value is -1.95. The monoisotopic (exact) mass is 344 g/mol. The zero-order valence-corrected chi connectivity index (χ0v) is 14.3. The lowest BCUT2D eigenvalue weighted by atomic mass is 10.0. The highest BCUT2D eigenvalue weighted by atomic mass is 32.1. The molecule has 0 unspecified atom stereocenters. The van der Waals surface area contributed by atoms with Crippen molar-refractivity contribution in [1.29, 1.82) is 0 Å². The number of thiazole rings is 1. The number of carbonyl (C=O) groups is 1. The zero-order chi connectivity index (χ0) is 16.5. The van der Waals surface area contributed by atoms with E-state index >= 15 is 0 Å². The number of hydrogen-bond donors (Lipinski definition) is 0. The molecule has 0 fully saturated rings. The topological polar surface area (TPSA) is 60.7 Å². The molecule has 0 radical (unpaired) electrons. The molecule has 2 heterocycles. The summed E-state index contributed by atoms with van der Waals surface area (Å²) in [6.07, 6.45) is 10.9. The van der Waals surface area contributed by atoms with Crippen molar-refractivity contribution < 1.29 is 9.53 Å². The zero-order valence-electron chi connectivity index (χ0n) is 13.5. The highest BCUT2D eigenvalue weighted by Crippen LogP contribution is 2.28. The second-order valence-electron chi connectivity index (χ2n) is 6.51. The fourth-order valence-electron chi connectivity index (χ4n) is 3.51. The minimum absolute atomic E-state index is 0.0656. The quantitative estimate of drug-likeness (QED) is 0.632. The number of carbonyl (C=O) groups excluding carboxylic acids is 1. The molecule has 0 spiro atoms. The van der Waals surface area contributed by atoms with Crippen LogP contribution in [-0.4, -0.2) is 15.4 Å². The molecule has 4 rings (SSSR count). The van der Waals surface area contributed by atoms with Gasteiger partial charge >= 0.3 is 5.97 Å². The first-order chi connectivity index (χ1) is 11.7. The molecule has 126 valence electrons. The van der Waals surface area contributed by atoms with Crippen molar-refractivity contribution in [1.82, 2.24) is 9.38 Å². The van der Waals surface area contributed by atoms with E-state index in [1.54, 1.807) is 15.7 Å². The molecule has 2 aromatic rings. The van der Waals surface area contributed by atoms with Gasteiger partial charge in [-0.1, -0.05) is 12.2 Å². The minimum Gasteiger partial charge on any atom is -0.459 e. The maximum absolute atomic E-state index is 12.4. The number of esters is 1. The predicted molar refractivity (Wildman–Crippen MR) is 92.3 cm³/mol. The Labute approximate surface area is 144 Å². The molecule has 0 saturated heterocycles. The van der Waals surface area contributed by atoms with E-state index in [1.165, 1.54) is 17.4 Å². The van der Waals surface area contributed by atoms with Gasteiger partial charge in [-0.2, -0.15) is 0 Å². The number of rotatable bonds is 4. The molecule has 0 saturated carbocycles. The van der Waals surface area contributed by atoms with Gasteiger partial charge in [0.25, 0.3) is 5.56 Å². The molecule has 2 aliphatic carbocycles. The van der Waals surface area contributed by atoms with Crippen LogP contribution >= 0.6 is 11.3 Å². The number of allylic oxidation sites excluding steroid dienone is 2. The standard InChI is InChI=1S/C18H20N2O3S/c21-16-10-13(11-23-17(22)9-12-5-1-2-6-12)19-18-20(16)14-7-3-4-8-15(14)24-18/h1,5,10,12H,2-4,6-9,11H2/t12-/m1/s1. The van der Waals surface area contributed by atoms with E-state index in [1.807, 2.05) is 0 Å². The number of ether oxygens (including phenoxy) is 1. The largest absolute Gasteiger partial charge is 0.459 e. The van der Waals surface area contributed by atoms with Gasteiger partial charge in [-0.15, -0.1) is 11.3 Å². The lowest BCUT2D eigenvalue weighted by molar-refractivity contribution is -0.145. The molecule has 2 aliphatic rings. The predicted octanol–water partition coefficient (Wildman–Crippen LogP) is 3.03. The van der Waals surface area contributed by atoms with Gasteiger partial charge in [0.05, 0.1) is 12.1 Å². The second kappa shape index (κ2) is 6.51. The third-order valence-electron chi connectivity index (χ3n) is 4.74. The second-order valence-corrected chi connectivity index (χ2v) is 7.58. The molecule has 0 N–H and O–H groups in total. The van der Waals surface area contributed by atoms with Crippen LogP contribution in [0.1, 0.15) is 48.4 Å². The van der Waals surface area contributed by atoms with Crippen LogP contribution in [0.4, 0.5) is 0 Å². The highest BCUT2D eigenvalue weighted by molar-refractivity contribution is 7.17. The van der Waals surface area contributed by atoms with E-state index in [4.69, 9.17) is 4.74 Å². The summed E-state index contributed by atoms with van der Waals surface area (Å²) in [4.78, 5) is 30.9. The SMILES string of the molecule is O=C(C[C@@H]1C=CCC1)OCc1cc(=O)n2c3c(sc2n1)CCCC3. The number of fused-ring (bicyclic) bond motifs is 3.